The molecule has 5 nitrogen and oxygen atoms in total. The number of benzene rings is 1. The number of pyridine rings is 1. The number of aliphatic hydroxyl groups is 1. The minimum atomic E-state index is -1.13. The van der Waals surface area contributed by atoms with Gasteiger partial charge in [0.2, 0.25) is 0 Å². The Bertz CT molecular complexity index is 710. The van der Waals surface area contributed by atoms with Crippen LogP contribution in [-0.4, -0.2) is 40.1 Å². The first-order valence-electron chi connectivity index (χ1n) is 7.88. The fraction of sp³-hybridized carbons (Fsp3) is 0.333. The molecule has 3 rings (SSSR count). The van der Waals surface area contributed by atoms with Crippen molar-refractivity contribution in [3.8, 4) is 0 Å². The van der Waals surface area contributed by atoms with Gasteiger partial charge in [0, 0.05) is 24.3 Å². The van der Waals surface area contributed by atoms with E-state index in [-0.39, 0.29) is 5.69 Å². The second-order valence-corrected chi connectivity index (χ2v) is 5.97. The fourth-order valence-electron chi connectivity index (χ4n) is 3.14. The number of aromatic carboxylic acids is 1. The average Bonchev–Trinajstić information content (AvgIpc) is 2.59. The summed E-state index contributed by atoms with van der Waals surface area (Å²) in [6, 6.07) is 12.5. The number of rotatable bonds is 4. The first-order chi connectivity index (χ1) is 11.6. The van der Waals surface area contributed by atoms with Gasteiger partial charge in [-0.1, -0.05) is 30.3 Å². The highest BCUT2D eigenvalue weighted by molar-refractivity contribution is 5.86. The molecule has 0 spiro atoms. The first-order valence-corrected chi connectivity index (χ1v) is 7.88. The Balaban J connectivity index is 1.83. The van der Waals surface area contributed by atoms with Gasteiger partial charge in [-0.2, -0.15) is 0 Å². The van der Waals surface area contributed by atoms with Crippen molar-refractivity contribution < 1.29 is 19.4 Å². The van der Waals surface area contributed by atoms with Gasteiger partial charge in [0.05, 0.1) is 0 Å². The lowest BCUT2D eigenvalue weighted by molar-refractivity contribution is 0.0261. The summed E-state index contributed by atoms with van der Waals surface area (Å²) < 4.78 is 14.4. The van der Waals surface area contributed by atoms with E-state index in [1.807, 2.05) is 30.3 Å². The molecule has 2 heterocycles. The molecule has 1 aliphatic heterocycles. The number of carboxylic acids is 1. The number of halogens is 1. The Kier molecular flexibility index (Phi) is 4.76. The van der Waals surface area contributed by atoms with Crippen LogP contribution < -0.4 is 4.90 Å². The van der Waals surface area contributed by atoms with Gasteiger partial charge in [-0.25, -0.2) is 14.2 Å². The Morgan fingerprint density at radius 3 is 2.75 bits per heavy atom. The van der Waals surface area contributed by atoms with Crippen LogP contribution in [0.2, 0.25) is 0 Å². The number of hydrogen-bond acceptors (Lipinski definition) is 4. The third-order valence-corrected chi connectivity index (χ3v) is 4.42. The zero-order valence-corrected chi connectivity index (χ0v) is 13.0. The van der Waals surface area contributed by atoms with Crippen molar-refractivity contribution in [3.63, 3.8) is 0 Å². The molecule has 1 aromatic carbocycles. The van der Waals surface area contributed by atoms with Gasteiger partial charge in [-0.15, -0.1) is 0 Å². The van der Waals surface area contributed by atoms with Crippen molar-refractivity contribution in [2.75, 3.05) is 11.4 Å². The van der Waals surface area contributed by atoms with E-state index in [9.17, 15) is 14.3 Å². The molecule has 2 aromatic rings. The van der Waals surface area contributed by atoms with E-state index < -0.39 is 24.3 Å². The number of aliphatic hydroxyl groups excluding tert-OH is 1. The number of alkyl halides is 1. The van der Waals surface area contributed by atoms with E-state index >= 15 is 0 Å². The molecule has 3 unspecified atom stereocenters. The van der Waals surface area contributed by atoms with Crippen molar-refractivity contribution in [2.24, 2.45) is 5.92 Å². The number of carboxylic acid groups (broad SMARTS) is 1. The molecule has 1 aromatic heterocycles. The zero-order chi connectivity index (χ0) is 17.1. The Labute approximate surface area is 139 Å². The molecule has 126 valence electrons. The van der Waals surface area contributed by atoms with Crippen molar-refractivity contribution in [1.82, 2.24) is 4.98 Å². The quantitative estimate of drug-likeness (QED) is 0.901. The normalized spacial score (nSPS) is 23.9. The summed E-state index contributed by atoms with van der Waals surface area (Å²) in [5.74, 6) is -1.70. The molecule has 1 aliphatic rings. The van der Waals surface area contributed by atoms with Crippen molar-refractivity contribution >= 4 is 11.7 Å². The summed E-state index contributed by atoms with van der Waals surface area (Å²) >= 11 is 0. The summed E-state index contributed by atoms with van der Waals surface area (Å²) in [6.45, 7) is 0.330. The Morgan fingerprint density at radius 2 is 2.04 bits per heavy atom. The van der Waals surface area contributed by atoms with E-state index in [0.717, 1.165) is 5.56 Å². The fourth-order valence-corrected chi connectivity index (χ4v) is 3.14. The standard InChI is InChI=1S/C18H19FN2O3/c19-15-7-9-21(13-6-8-20-16(11-13)18(23)24)17(22)14(15)10-12-4-2-1-3-5-12/h1-6,8,11,14-15,17,22H,7,9-10H2,(H,23,24). The maximum absolute atomic E-state index is 14.4. The van der Waals surface area contributed by atoms with Gasteiger partial charge in [0.15, 0.2) is 0 Å². The second-order valence-electron chi connectivity index (χ2n) is 5.97. The average molecular weight is 330 g/mol. The van der Waals surface area contributed by atoms with Crippen LogP contribution in [0.25, 0.3) is 0 Å². The number of anilines is 1. The number of nitrogens with zero attached hydrogens (tertiary/aromatic N) is 2. The SMILES string of the molecule is O=C(O)c1cc(N2CCC(F)C(Cc3ccccc3)C2O)ccn1. The van der Waals surface area contributed by atoms with Gasteiger partial charge in [0.1, 0.15) is 18.1 Å². The van der Waals surface area contributed by atoms with Gasteiger partial charge in [-0.05, 0) is 30.5 Å². The summed E-state index contributed by atoms with van der Waals surface area (Å²) in [5, 5.41) is 19.7. The van der Waals surface area contributed by atoms with E-state index in [4.69, 9.17) is 5.11 Å². The molecule has 0 saturated carbocycles. The van der Waals surface area contributed by atoms with Crippen molar-refractivity contribution in [1.29, 1.82) is 0 Å². The van der Waals surface area contributed by atoms with Crippen LogP contribution in [0, 0.1) is 5.92 Å². The molecule has 6 heteroatoms. The molecule has 2 N–H and O–H groups in total. The molecular weight excluding hydrogens is 311 g/mol. The molecule has 0 aliphatic carbocycles. The van der Waals surface area contributed by atoms with E-state index in [0.29, 0.717) is 25.1 Å². The first kappa shape index (κ1) is 16.4. The maximum atomic E-state index is 14.4. The van der Waals surface area contributed by atoms with Gasteiger partial charge in [-0.3, -0.25) is 0 Å². The van der Waals surface area contributed by atoms with Crippen LogP contribution in [-0.2, 0) is 6.42 Å². The smallest absolute Gasteiger partial charge is 0.354 e. The lowest BCUT2D eigenvalue weighted by atomic mass is 9.87. The molecule has 0 bridgehead atoms. The highest BCUT2D eigenvalue weighted by atomic mass is 19.1. The minimum Gasteiger partial charge on any atom is -0.477 e. The molecular formula is C18H19FN2O3. The van der Waals surface area contributed by atoms with Crippen molar-refractivity contribution in [2.45, 2.75) is 25.2 Å². The van der Waals surface area contributed by atoms with Crippen LogP contribution in [0.1, 0.15) is 22.5 Å². The van der Waals surface area contributed by atoms with Gasteiger partial charge in [0.25, 0.3) is 0 Å². The number of aromatic nitrogens is 1. The van der Waals surface area contributed by atoms with E-state index in [1.165, 1.54) is 12.3 Å². The molecule has 3 atom stereocenters. The van der Waals surface area contributed by atoms with Gasteiger partial charge >= 0.3 is 5.97 Å². The van der Waals surface area contributed by atoms with Crippen LogP contribution in [0.4, 0.5) is 10.1 Å². The summed E-state index contributed by atoms with van der Waals surface area (Å²) in [4.78, 5) is 16.5. The Morgan fingerprint density at radius 1 is 1.29 bits per heavy atom. The lowest BCUT2D eigenvalue weighted by Crippen LogP contribution is -2.51. The third kappa shape index (κ3) is 3.38. The van der Waals surface area contributed by atoms with Gasteiger partial charge < -0.3 is 15.1 Å². The molecule has 0 radical (unpaired) electrons. The molecule has 1 saturated heterocycles. The maximum Gasteiger partial charge on any atom is 0.354 e. The predicted octanol–water partition coefficient (Wildman–Crippen LogP) is 2.51. The predicted molar refractivity (Wildman–Crippen MR) is 87.7 cm³/mol. The van der Waals surface area contributed by atoms with Crippen LogP contribution in [0.5, 0.6) is 0 Å². The lowest BCUT2D eigenvalue weighted by Gasteiger charge is -2.41. The van der Waals surface area contributed by atoms with Crippen LogP contribution >= 0.6 is 0 Å². The van der Waals surface area contributed by atoms with E-state index in [2.05, 4.69) is 4.98 Å². The number of hydrogen-bond donors (Lipinski definition) is 2. The Hall–Kier alpha value is -2.47. The van der Waals surface area contributed by atoms with Crippen LogP contribution in [0.3, 0.4) is 0 Å². The van der Waals surface area contributed by atoms with Crippen molar-refractivity contribution in [3.05, 3.63) is 59.9 Å². The van der Waals surface area contributed by atoms with Crippen LogP contribution in [0.15, 0.2) is 48.7 Å². The second kappa shape index (κ2) is 6.97. The summed E-state index contributed by atoms with van der Waals surface area (Å²) in [5.41, 5.74) is 1.41. The topological polar surface area (TPSA) is 73.7 Å². The largest absolute Gasteiger partial charge is 0.477 e. The highest BCUT2D eigenvalue weighted by Crippen LogP contribution is 2.32. The summed E-state index contributed by atoms with van der Waals surface area (Å²) in [6.07, 6.45) is -0.00929. The highest BCUT2D eigenvalue weighted by Gasteiger charge is 2.37. The zero-order valence-electron chi connectivity index (χ0n) is 13.0. The third-order valence-electron chi connectivity index (χ3n) is 4.42. The monoisotopic (exact) mass is 330 g/mol. The number of carbonyl (C=O) groups is 1. The van der Waals surface area contributed by atoms with E-state index in [1.54, 1.807) is 11.0 Å². The molecule has 24 heavy (non-hydrogen) atoms. The number of piperidine rings is 1. The molecule has 1 fully saturated rings. The molecule has 0 amide bonds. The minimum absolute atomic E-state index is 0.0957. The summed E-state index contributed by atoms with van der Waals surface area (Å²) in [7, 11) is 0.